The molecule has 192 valence electrons. The molecule has 1 fully saturated rings. The average molecular weight is 549 g/mol. The van der Waals surface area contributed by atoms with Crippen molar-refractivity contribution in [2.45, 2.75) is 23.1 Å². The second kappa shape index (κ2) is 11.1. The molecule has 1 N–H and O–H groups in total. The molecule has 11 heteroatoms. The van der Waals surface area contributed by atoms with Crippen LogP contribution in [0.2, 0.25) is 0 Å². The van der Waals surface area contributed by atoms with Crippen molar-refractivity contribution >= 4 is 45.7 Å². The van der Waals surface area contributed by atoms with Crippen molar-refractivity contribution in [2.75, 3.05) is 11.5 Å². The molecule has 3 heterocycles. The Labute approximate surface area is 225 Å². The third-order valence-corrected chi connectivity index (χ3v) is 7.91. The van der Waals surface area contributed by atoms with E-state index in [9.17, 15) is 19.1 Å². The molecule has 2 aromatic heterocycles. The number of anilines is 1. The quantitative estimate of drug-likeness (QED) is 0.103. The number of carbonyl (C=O) groups is 2. The van der Waals surface area contributed by atoms with Crippen LogP contribution in [0, 0.1) is 5.82 Å². The van der Waals surface area contributed by atoms with Crippen LogP contribution in [0.1, 0.15) is 29.7 Å². The van der Waals surface area contributed by atoms with E-state index in [0.29, 0.717) is 33.6 Å². The van der Waals surface area contributed by atoms with Crippen molar-refractivity contribution in [3.63, 3.8) is 0 Å². The van der Waals surface area contributed by atoms with Gasteiger partial charge in [-0.15, -0.1) is 10.2 Å². The van der Waals surface area contributed by atoms with Gasteiger partial charge in [-0.1, -0.05) is 35.2 Å². The van der Waals surface area contributed by atoms with Crippen LogP contribution in [0.5, 0.6) is 5.75 Å². The summed E-state index contributed by atoms with van der Waals surface area (Å²) in [6.07, 6.45) is 3.10. The number of benzene rings is 2. The zero-order chi connectivity index (χ0) is 26.6. The Morgan fingerprint density at radius 1 is 1.05 bits per heavy atom. The summed E-state index contributed by atoms with van der Waals surface area (Å²) in [7, 11) is 0. The number of nitrogens with zero attached hydrogens (tertiary/aromatic N) is 4. The molecule has 0 saturated carbocycles. The number of thioether (sulfide) groups is 1. The van der Waals surface area contributed by atoms with Gasteiger partial charge in [-0.05, 0) is 66.6 Å². The first-order valence-electron chi connectivity index (χ1n) is 11.6. The standard InChI is InChI=1S/C27H21FN4O4S2/c1-2-36-20-9-5-18(6-10-20)23(33)21-22(17-11-13-29-14-12-17)32(25(35)24(21)34)26-30-31-27(38-26)37-15-16-3-7-19(28)8-4-16/h3-14,22,33H,2,15H2,1H3/b23-21-. The first-order chi connectivity index (χ1) is 18.5. The first kappa shape index (κ1) is 25.6. The highest BCUT2D eigenvalue weighted by Crippen LogP contribution is 2.44. The minimum Gasteiger partial charge on any atom is -0.507 e. The van der Waals surface area contributed by atoms with E-state index in [2.05, 4.69) is 15.2 Å². The van der Waals surface area contributed by atoms with E-state index in [1.807, 2.05) is 6.92 Å². The smallest absolute Gasteiger partial charge is 0.301 e. The maximum absolute atomic E-state index is 13.3. The summed E-state index contributed by atoms with van der Waals surface area (Å²) in [6, 6.07) is 15.2. The molecule has 5 rings (SSSR count). The molecular formula is C27H21FN4O4S2. The molecule has 2 aromatic carbocycles. The van der Waals surface area contributed by atoms with Gasteiger partial charge in [-0.2, -0.15) is 0 Å². The molecule has 1 aliphatic heterocycles. The number of carbonyl (C=O) groups excluding carboxylic acids is 2. The molecule has 1 atom stereocenters. The number of aliphatic hydroxyl groups excluding tert-OH is 1. The third-order valence-electron chi connectivity index (χ3n) is 5.78. The highest BCUT2D eigenvalue weighted by molar-refractivity contribution is 8.00. The largest absolute Gasteiger partial charge is 0.507 e. The molecule has 1 amide bonds. The Kier molecular flexibility index (Phi) is 7.47. The van der Waals surface area contributed by atoms with Crippen LogP contribution >= 0.6 is 23.1 Å². The minimum atomic E-state index is -0.924. The molecule has 1 aliphatic rings. The maximum Gasteiger partial charge on any atom is 0.301 e. The summed E-state index contributed by atoms with van der Waals surface area (Å²) in [4.78, 5) is 31.9. The number of ketones is 1. The van der Waals surface area contributed by atoms with Gasteiger partial charge < -0.3 is 9.84 Å². The van der Waals surface area contributed by atoms with E-state index in [4.69, 9.17) is 4.74 Å². The van der Waals surface area contributed by atoms with E-state index < -0.39 is 17.7 Å². The highest BCUT2D eigenvalue weighted by Gasteiger charge is 2.48. The molecule has 0 bridgehead atoms. The van der Waals surface area contributed by atoms with Gasteiger partial charge in [-0.3, -0.25) is 19.5 Å². The first-order valence-corrected chi connectivity index (χ1v) is 13.4. The number of pyridine rings is 1. The Balaban J connectivity index is 1.50. The monoisotopic (exact) mass is 548 g/mol. The van der Waals surface area contributed by atoms with Gasteiger partial charge in [0.15, 0.2) is 4.34 Å². The number of hydrogen-bond donors (Lipinski definition) is 1. The van der Waals surface area contributed by atoms with Crippen molar-refractivity contribution in [1.82, 2.24) is 15.2 Å². The molecule has 38 heavy (non-hydrogen) atoms. The van der Waals surface area contributed by atoms with E-state index >= 15 is 0 Å². The average Bonchev–Trinajstić information content (AvgIpc) is 3.51. The zero-order valence-corrected chi connectivity index (χ0v) is 21.7. The highest BCUT2D eigenvalue weighted by atomic mass is 32.2. The normalized spacial score (nSPS) is 16.7. The lowest BCUT2D eigenvalue weighted by atomic mass is 9.96. The third kappa shape index (κ3) is 5.15. The minimum absolute atomic E-state index is 0.0546. The van der Waals surface area contributed by atoms with Crippen LogP contribution < -0.4 is 9.64 Å². The molecule has 1 saturated heterocycles. The summed E-state index contributed by atoms with van der Waals surface area (Å²) >= 11 is 2.54. The lowest BCUT2D eigenvalue weighted by Gasteiger charge is -2.22. The molecular weight excluding hydrogens is 527 g/mol. The second-order valence-electron chi connectivity index (χ2n) is 8.17. The number of aromatic nitrogens is 3. The Morgan fingerprint density at radius 2 is 1.76 bits per heavy atom. The Bertz CT molecular complexity index is 1490. The van der Waals surface area contributed by atoms with Crippen LogP contribution in [0.4, 0.5) is 9.52 Å². The van der Waals surface area contributed by atoms with E-state index in [0.717, 1.165) is 16.9 Å². The predicted molar refractivity (Wildman–Crippen MR) is 143 cm³/mol. The van der Waals surface area contributed by atoms with Crippen molar-refractivity contribution in [3.05, 3.63) is 101 Å². The fourth-order valence-corrected chi connectivity index (χ4v) is 5.83. The van der Waals surface area contributed by atoms with Gasteiger partial charge >= 0.3 is 5.91 Å². The number of rotatable bonds is 8. The topological polar surface area (TPSA) is 106 Å². The van der Waals surface area contributed by atoms with Crippen LogP contribution in [0.3, 0.4) is 0 Å². The van der Waals surface area contributed by atoms with Gasteiger partial charge in [0.2, 0.25) is 5.13 Å². The fourth-order valence-electron chi connectivity index (χ4n) is 4.01. The maximum atomic E-state index is 13.3. The number of ether oxygens (including phenoxy) is 1. The number of amides is 1. The summed E-state index contributed by atoms with van der Waals surface area (Å²) in [6.45, 7) is 2.36. The van der Waals surface area contributed by atoms with Crippen molar-refractivity contribution < 1.29 is 23.8 Å². The van der Waals surface area contributed by atoms with Crippen molar-refractivity contribution in [2.24, 2.45) is 0 Å². The zero-order valence-electron chi connectivity index (χ0n) is 20.1. The van der Waals surface area contributed by atoms with Gasteiger partial charge in [-0.25, -0.2) is 4.39 Å². The van der Waals surface area contributed by atoms with Crippen molar-refractivity contribution in [3.8, 4) is 5.75 Å². The van der Waals surface area contributed by atoms with Crippen LogP contribution in [0.15, 0.2) is 83.0 Å². The molecule has 8 nitrogen and oxygen atoms in total. The molecule has 0 aliphatic carbocycles. The molecule has 4 aromatic rings. The number of Topliss-reactive ketones (excluding diaryl/α,β-unsaturated/α-hetero) is 1. The number of hydrogen-bond acceptors (Lipinski definition) is 9. The molecule has 1 unspecified atom stereocenters. The van der Waals surface area contributed by atoms with E-state index in [-0.39, 0.29) is 22.3 Å². The Morgan fingerprint density at radius 3 is 2.45 bits per heavy atom. The second-order valence-corrected chi connectivity index (χ2v) is 10.4. The lowest BCUT2D eigenvalue weighted by Crippen LogP contribution is -2.29. The van der Waals surface area contributed by atoms with Crippen LogP contribution in [-0.4, -0.2) is 38.6 Å². The Hall–Kier alpha value is -4.09. The van der Waals surface area contributed by atoms with Gasteiger partial charge in [0.1, 0.15) is 17.3 Å². The van der Waals surface area contributed by atoms with Gasteiger partial charge in [0, 0.05) is 23.7 Å². The number of halogens is 1. The number of aliphatic hydroxyl groups is 1. The summed E-state index contributed by atoms with van der Waals surface area (Å²) in [5, 5.41) is 19.8. The van der Waals surface area contributed by atoms with Gasteiger partial charge in [0.25, 0.3) is 5.78 Å². The SMILES string of the molecule is CCOc1ccc(/C(O)=C2/C(=O)C(=O)N(c3nnc(SCc4ccc(F)cc4)s3)C2c2ccncc2)cc1. The summed E-state index contributed by atoms with van der Waals surface area (Å²) in [5.41, 5.74) is 1.81. The van der Waals surface area contributed by atoms with Crippen molar-refractivity contribution in [1.29, 1.82) is 0 Å². The van der Waals surface area contributed by atoms with Crippen LogP contribution in [-0.2, 0) is 15.3 Å². The summed E-state index contributed by atoms with van der Waals surface area (Å²) < 4.78 is 19.2. The van der Waals surface area contributed by atoms with Gasteiger partial charge in [0.05, 0.1) is 18.2 Å². The molecule has 0 spiro atoms. The van der Waals surface area contributed by atoms with E-state index in [1.165, 1.54) is 28.8 Å². The molecule has 0 radical (unpaired) electrons. The van der Waals surface area contributed by atoms with E-state index in [1.54, 1.807) is 60.9 Å². The predicted octanol–water partition coefficient (Wildman–Crippen LogP) is 5.39. The fraction of sp³-hybridized carbons (Fsp3) is 0.148. The van der Waals surface area contributed by atoms with Crippen LogP contribution in [0.25, 0.3) is 5.76 Å². The lowest BCUT2D eigenvalue weighted by molar-refractivity contribution is -0.132. The summed E-state index contributed by atoms with van der Waals surface area (Å²) in [5.74, 6) is -1.10.